The third kappa shape index (κ3) is 3.82. The number of nitrogens with one attached hydrogen (secondary N) is 1. The highest BCUT2D eigenvalue weighted by Gasteiger charge is 2.28. The summed E-state index contributed by atoms with van der Waals surface area (Å²) < 4.78 is 35.8. The van der Waals surface area contributed by atoms with E-state index < -0.39 is 5.51 Å². The molecule has 17 heavy (non-hydrogen) atoms. The maximum absolute atomic E-state index is 11.9. The quantitative estimate of drug-likeness (QED) is 0.844. The van der Waals surface area contributed by atoms with Gasteiger partial charge in [-0.05, 0) is 23.4 Å². The molecule has 0 fully saturated rings. The zero-order chi connectivity index (χ0) is 12.3. The molecule has 1 aromatic carbocycles. The smallest absolute Gasteiger partial charge is 0.308 e. The minimum absolute atomic E-state index is 0.0289. The van der Waals surface area contributed by atoms with Crippen molar-refractivity contribution in [2.24, 2.45) is 0 Å². The second kappa shape index (κ2) is 5.54. The van der Waals surface area contributed by atoms with Crippen LogP contribution in [0, 0.1) is 0 Å². The minimum Gasteiger partial charge on any atom is -0.308 e. The van der Waals surface area contributed by atoms with Crippen LogP contribution in [-0.2, 0) is 0 Å². The van der Waals surface area contributed by atoms with Crippen molar-refractivity contribution in [3.63, 3.8) is 0 Å². The first-order chi connectivity index (χ1) is 8.06. The molecule has 1 aliphatic heterocycles. The van der Waals surface area contributed by atoms with Gasteiger partial charge >= 0.3 is 5.51 Å². The molecule has 1 aromatic rings. The topological polar surface area (TPSA) is 12.0 Å². The molecule has 0 bridgehead atoms. The van der Waals surface area contributed by atoms with Gasteiger partial charge in [-0.25, -0.2) is 0 Å². The normalized spacial score (nSPS) is 19.4. The van der Waals surface area contributed by atoms with Gasteiger partial charge in [0.15, 0.2) is 0 Å². The molecule has 0 amide bonds. The Hall–Kier alpha value is -0.330. The van der Waals surface area contributed by atoms with E-state index in [-0.39, 0.29) is 23.6 Å². The zero-order valence-electron chi connectivity index (χ0n) is 8.96. The number of rotatable bonds is 4. The highest BCUT2D eigenvalue weighted by molar-refractivity contribution is 8.00. The Labute approximate surface area is 107 Å². The molecular formula is C11H12F3NS2. The first-order valence-corrected chi connectivity index (χ1v) is 7.19. The molecule has 0 saturated heterocycles. The zero-order valence-corrected chi connectivity index (χ0v) is 10.6. The fraction of sp³-hybridized carbons (Fsp3) is 0.455. The molecule has 0 radical (unpaired) electrons. The monoisotopic (exact) mass is 279 g/mol. The van der Waals surface area contributed by atoms with E-state index >= 15 is 0 Å². The van der Waals surface area contributed by atoms with Gasteiger partial charge in [0.2, 0.25) is 0 Å². The van der Waals surface area contributed by atoms with Crippen LogP contribution >= 0.6 is 23.5 Å². The van der Waals surface area contributed by atoms with Crippen molar-refractivity contribution in [1.29, 1.82) is 0 Å². The van der Waals surface area contributed by atoms with Gasteiger partial charge in [0.1, 0.15) is 0 Å². The van der Waals surface area contributed by atoms with Crippen LogP contribution in [0.15, 0.2) is 29.2 Å². The van der Waals surface area contributed by atoms with Gasteiger partial charge in [-0.15, -0.1) is 11.8 Å². The first kappa shape index (κ1) is 13.1. The van der Waals surface area contributed by atoms with E-state index in [9.17, 15) is 13.2 Å². The Morgan fingerprint density at radius 3 is 2.88 bits per heavy atom. The van der Waals surface area contributed by atoms with Gasteiger partial charge in [-0.1, -0.05) is 18.2 Å². The number of hydrogen-bond acceptors (Lipinski definition) is 3. The molecule has 1 aliphatic rings. The predicted octanol–water partition coefficient (Wildman–Crippen LogP) is 3.68. The van der Waals surface area contributed by atoms with Crippen molar-refractivity contribution < 1.29 is 13.2 Å². The molecule has 0 saturated carbocycles. The summed E-state index contributed by atoms with van der Waals surface area (Å²) >= 11 is 1.78. The summed E-state index contributed by atoms with van der Waals surface area (Å²) in [6.45, 7) is 0.379. The van der Waals surface area contributed by atoms with Crippen molar-refractivity contribution in [3.8, 4) is 0 Å². The third-order valence-corrected chi connectivity index (χ3v) is 4.38. The Morgan fingerprint density at radius 2 is 2.12 bits per heavy atom. The van der Waals surface area contributed by atoms with Crippen LogP contribution in [0.5, 0.6) is 0 Å². The fourth-order valence-electron chi connectivity index (χ4n) is 1.73. The van der Waals surface area contributed by atoms with E-state index in [1.807, 2.05) is 24.3 Å². The summed E-state index contributed by atoms with van der Waals surface area (Å²) in [5.74, 6) is 0.961. The Balaban J connectivity index is 1.78. The summed E-state index contributed by atoms with van der Waals surface area (Å²) in [7, 11) is 0. The molecule has 0 aliphatic carbocycles. The standard InChI is InChI=1S/C11H12F3NS2/c12-11(13,14)17-6-5-15-9-7-16-10-4-2-1-3-8(9)10/h1-4,9,15H,5-7H2. The Morgan fingerprint density at radius 1 is 1.35 bits per heavy atom. The molecule has 1 N–H and O–H groups in total. The molecule has 94 valence electrons. The Bertz CT molecular complexity index is 381. The summed E-state index contributed by atoms with van der Waals surface area (Å²) in [6, 6.07) is 8.21. The van der Waals surface area contributed by atoms with Gasteiger partial charge in [0.05, 0.1) is 0 Å². The van der Waals surface area contributed by atoms with Crippen molar-refractivity contribution in [3.05, 3.63) is 29.8 Å². The second-order valence-corrected chi connectivity index (χ2v) is 5.87. The van der Waals surface area contributed by atoms with Gasteiger partial charge in [-0.3, -0.25) is 0 Å². The highest BCUT2D eigenvalue weighted by Crippen LogP contribution is 2.37. The van der Waals surface area contributed by atoms with E-state index in [0.29, 0.717) is 6.54 Å². The van der Waals surface area contributed by atoms with Gasteiger partial charge in [-0.2, -0.15) is 13.2 Å². The maximum atomic E-state index is 11.9. The average molecular weight is 279 g/mol. The van der Waals surface area contributed by atoms with Crippen molar-refractivity contribution >= 4 is 23.5 Å². The summed E-state index contributed by atoms with van der Waals surface area (Å²) in [6.07, 6.45) is 0. The first-order valence-electron chi connectivity index (χ1n) is 5.22. The van der Waals surface area contributed by atoms with Crippen LogP contribution in [0.25, 0.3) is 0 Å². The lowest BCUT2D eigenvalue weighted by atomic mass is 10.1. The van der Waals surface area contributed by atoms with Crippen LogP contribution in [0.3, 0.4) is 0 Å². The molecule has 1 heterocycles. The van der Waals surface area contributed by atoms with Crippen LogP contribution in [-0.4, -0.2) is 23.6 Å². The van der Waals surface area contributed by atoms with Crippen LogP contribution < -0.4 is 5.32 Å². The van der Waals surface area contributed by atoms with Crippen molar-refractivity contribution in [1.82, 2.24) is 5.32 Å². The SMILES string of the molecule is FC(F)(F)SCCNC1CSc2ccccc21. The lowest BCUT2D eigenvalue weighted by Crippen LogP contribution is -2.24. The number of benzene rings is 1. The average Bonchev–Trinajstić information content (AvgIpc) is 2.67. The van der Waals surface area contributed by atoms with Crippen molar-refractivity contribution in [2.45, 2.75) is 16.4 Å². The largest absolute Gasteiger partial charge is 0.441 e. The van der Waals surface area contributed by atoms with E-state index in [1.54, 1.807) is 11.8 Å². The molecular weight excluding hydrogens is 267 g/mol. The molecule has 1 atom stereocenters. The lowest BCUT2D eigenvalue weighted by Gasteiger charge is -2.13. The van der Waals surface area contributed by atoms with Crippen LogP contribution in [0.1, 0.15) is 11.6 Å². The lowest BCUT2D eigenvalue weighted by molar-refractivity contribution is -0.0327. The molecule has 1 nitrogen and oxygen atoms in total. The van der Waals surface area contributed by atoms with Gasteiger partial charge in [0.25, 0.3) is 0 Å². The number of fused-ring (bicyclic) bond motifs is 1. The van der Waals surface area contributed by atoms with E-state index in [0.717, 1.165) is 5.75 Å². The molecule has 0 spiro atoms. The number of halogens is 3. The summed E-state index contributed by atoms with van der Waals surface area (Å²) in [5.41, 5.74) is -2.92. The maximum Gasteiger partial charge on any atom is 0.441 e. The number of hydrogen-bond donors (Lipinski definition) is 1. The Kier molecular flexibility index (Phi) is 4.27. The highest BCUT2D eigenvalue weighted by atomic mass is 32.2. The fourth-order valence-corrected chi connectivity index (χ4v) is 3.38. The van der Waals surface area contributed by atoms with Crippen molar-refractivity contribution in [2.75, 3.05) is 18.1 Å². The van der Waals surface area contributed by atoms with Gasteiger partial charge in [0, 0.05) is 29.0 Å². The van der Waals surface area contributed by atoms with Crippen LogP contribution in [0.2, 0.25) is 0 Å². The summed E-state index contributed by atoms with van der Waals surface area (Å²) in [5, 5.41) is 3.17. The molecule has 1 unspecified atom stereocenters. The minimum atomic E-state index is -4.12. The van der Waals surface area contributed by atoms with Crippen LogP contribution in [0.4, 0.5) is 13.2 Å². The third-order valence-electron chi connectivity index (χ3n) is 2.46. The van der Waals surface area contributed by atoms with Gasteiger partial charge < -0.3 is 5.32 Å². The second-order valence-electron chi connectivity index (χ2n) is 3.65. The number of thioether (sulfide) groups is 2. The van der Waals surface area contributed by atoms with E-state index in [1.165, 1.54) is 10.5 Å². The number of alkyl halides is 3. The van der Waals surface area contributed by atoms with E-state index in [4.69, 9.17) is 0 Å². The summed E-state index contributed by atoms with van der Waals surface area (Å²) in [4.78, 5) is 1.23. The molecule has 2 rings (SSSR count). The predicted molar refractivity (Wildman–Crippen MR) is 66.4 cm³/mol. The molecule has 0 aromatic heterocycles. The molecule has 6 heteroatoms. The van der Waals surface area contributed by atoms with E-state index in [2.05, 4.69) is 5.32 Å².